The van der Waals surface area contributed by atoms with Crippen LogP contribution in [-0.2, 0) is 12.7 Å². The van der Waals surface area contributed by atoms with Crippen LogP contribution < -0.4 is 14.8 Å². The van der Waals surface area contributed by atoms with Crippen molar-refractivity contribution in [2.45, 2.75) is 12.7 Å². The molecule has 0 aliphatic carbocycles. The molecule has 3 rings (SSSR count). The van der Waals surface area contributed by atoms with Crippen molar-refractivity contribution in [3.05, 3.63) is 41.7 Å². The average Bonchev–Trinajstić information content (AvgIpc) is 3.03. The van der Waals surface area contributed by atoms with Crippen LogP contribution in [-0.4, -0.2) is 34.0 Å². The molecule has 0 radical (unpaired) electrons. The van der Waals surface area contributed by atoms with Crippen molar-refractivity contribution in [2.75, 3.05) is 19.5 Å². The van der Waals surface area contributed by atoms with E-state index < -0.39 is 12.0 Å². The summed E-state index contributed by atoms with van der Waals surface area (Å²) >= 11 is 0. The second-order valence-corrected chi connectivity index (χ2v) is 5.04. The van der Waals surface area contributed by atoms with Gasteiger partial charge in [-0.15, -0.1) is 15.3 Å². The van der Waals surface area contributed by atoms with Crippen molar-refractivity contribution in [1.82, 2.24) is 19.8 Å². The number of nitrogens with one attached hydrogen (secondary N) is 1. The van der Waals surface area contributed by atoms with Gasteiger partial charge < -0.3 is 14.8 Å². The molecule has 0 atom stereocenters. The highest BCUT2D eigenvalue weighted by atomic mass is 19.4. The second kappa shape index (κ2) is 6.46. The summed E-state index contributed by atoms with van der Waals surface area (Å²) in [7, 11) is 3.07. The van der Waals surface area contributed by atoms with E-state index in [4.69, 9.17) is 9.47 Å². The van der Waals surface area contributed by atoms with Gasteiger partial charge in [-0.1, -0.05) is 0 Å². The predicted octanol–water partition coefficient (Wildman–Crippen LogP) is 2.77. The summed E-state index contributed by atoms with van der Waals surface area (Å²) in [6.45, 7) is 0.280. The fourth-order valence-corrected chi connectivity index (χ4v) is 2.27. The fourth-order valence-electron chi connectivity index (χ4n) is 2.27. The van der Waals surface area contributed by atoms with Crippen LogP contribution in [0, 0.1) is 0 Å². The monoisotopic (exact) mass is 353 g/mol. The quantitative estimate of drug-likeness (QED) is 0.760. The fraction of sp³-hybridized carbons (Fsp3) is 0.267. The Morgan fingerprint density at radius 3 is 2.56 bits per heavy atom. The van der Waals surface area contributed by atoms with Gasteiger partial charge in [0, 0.05) is 12.1 Å². The molecule has 0 spiro atoms. The molecule has 2 heterocycles. The first kappa shape index (κ1) is 16.8. The van der Waals surface area contributed by atoms with Crippen LogP contribution in [0.2, 0.25) is 0 Å². The number of halogens is 3. The zero-order valence-electron chi connectivity index (χ0n) is 13.3. The molecular formula is C15H14F3N5O2. The second-order valence-electron chi connectivity index (χ2n) is 5.04. The number of ether oxygens (including phenoxy) is 2. The number of aromatic nitrogens is 4. The molecule has 1 aromatic carbocycles. The molecule has 3 aromatic rings. The standard InChI is InChI=1S/C15H14F3N5O2/c1-24-10-3-4-11(25-2)9(7-10)8-19-12-5-6-13-20-21-14(15(16,17)18)23(13)22-12/h3-7H,8H2,1-2H3,(H,19,22). The molecule has 132 valence electrons. The maximum Gasteiger partial charge on any atom is 0.453 e. The first-order chi connectivity index (χ1) is 11.9. The van der Waals surface area contributed by atoms with E-state index in [1.165, 1.54) is 19.2 Å². The van der Waals surface area contributed by atoms with Crippen LogP contribution in [0.25, 0.3) is 5.65 Å². The van der Waals surface area contributed by atoms with Crippen LogP contribution in [0.3, 0.4) is 0 Å². The molecule has 0 fully saturated rings. The van der Waals surface area contributed by atoms with Crippen molar-refractivity contribution < 1.29 is 22.6 Å². The molecule has 0 unspecified atom stereocenters. The number of nitrogens with zero attached hydrogens (tertiary/aromatic N) is 4. The normalized spacial score (nSPS) is 11.6. The average molecular weight is 353 g/mol. The maximum absolute atomic E-state index is 12.9. The minimum atomic E-state index is -4.64. The molecule has 25 heavy (non-hydrogen) atoms. The number of hydrogen-bond donors (Lipinski definition) is 1. The zero-order valence-corrected chi connectivity index (χ0v) is 13.3. The van der Waals surface area contributed by atoms with Gasteiger partial charge in [0.15, 0.2) is 5.65 Å². The predicted molar refractivity (Wildman–Crippen MR) is 82.7 cm³/mol. The number of benzene rings is 1. The Bertz CT molecular complexity index is 894. The van der Waals surface area contributed by atoms with Crippen molar-refractivity contribution >= 4 is 11.5 Å². The third kappa shape index (κ3) is 3.42. The highest BCUT2D eigenvalue weighted by molar-refractivity contribution is 5.46. The van der Waals surface area contributed by atoms with Crippen molar-refractivity contribution in [2.24, 2.45) is 0 Å². The molecule has 0 saturated heterocycles. The van der Waals surface area contributed by atoms with Gasteiger partial charge >= 0.3 is 6.18 Å². The molecule has 0 aliphatic rings. The third-order valence-electron chi connectivity index (χ3n) is 3.46. The lowest BCUT2D eigenvalue weighted by Crippen LogP contribution is -2.13. The Morgan fingerprint density at radius 2 is 1.88 bits per heavy atom. The maximum atomic E-state index is 12.9. The van der Waals surface area contributed by atoms with Crippen molar-refractivity contribution in [3.63, 3.8) is 0 Å². The lowest BCUT2D eigenvalue weighted by molar-refractivity contribution is -0.146. The minimum Gasteiger partial charge on any atom is -0.497 e. The molecule has 10 heteroatoms. The largest absolute Gasteiger partial charge is 0.497 e. The molecule has 0 aliphatic heterocycles. The van der Waals surface area contributed by atoms with Gasteiger partial charge in [-0.3, -0.25) is 0 Å². The van der Waals surface area contributed by atoms with Gasteiger partial charge in [-0.2, -0.15) is 17.7 Å². The minimum absolute atomic E-state index is 0.0110. The topological polar surface area (TPSA) is 73.6 Å². The Morgan fingerprint density at radius 1 is 1.08 bits per heavy atom. The summed E-state index contributed by atoms with van der Waals surface area (Å²) in [5.74, 6) is 0.321. The van der Waals surface area contributed by atoms with E-state index in [-0.39, 0.29) is 18.0 Å². The zero-order chi connectivity index (χ0) is 18.0. The SMILES string of the molecule is COc1ccc(OC)c(CNc2ccc3nnc(C(F)(F)F)n3n2)c1. The molecule has 0 bridgehead atoms. The molecule has 7 nitrogen and oxygen atoms in total. The van der Waals surface area contributed by atoms with Crippen LogP contribution in [0.5, 0.6) is 11.5 Å². The van der Waals surface area contributed by atoms with Gasteiger partial charge in [0.1, 0.15) is 17.3 Å². The van der Waals surface area contributed by atoms with Gasteiger partial charge in [0.05, 0.1) is 14.2 Å². The van der Waals surface area contributed by atoms with E-state index in [9.17, 15) is 13.2 Å². The van der Waals surface area contributed by atoms with E-state index in [1.807, 2.05) is 0 Å². The van der Waals surface area contributed by atoms with Crippen LogP contribution in [0.4, 0.5) is 19.0 Å². The van der Waals surface area contributed by atoms with Crippen LogP contribution in [0.15, 0.2) is 30.3 Å². The molecule has 0 saturated carbocycles. The number of alkyl halides is 3. The Labute approximate surface area is 140 Å². The van der Waals surface area contributed by atoms with Gasteiger partial charge in [-0.05, 0) is 30.3 Å². The summed E-state index contributed by atoms with van der Waals surface area (Å²) in [5.41, 5.74) is 0.778. The first-order valence-electron chi connectivity index (χ1n) is 7.17. The van der Waals surface area contributed by atoms with Crippen molar-refractivity contribution in [3.8, 4) is 11.5 Å². The van der Waals surface area contributed by atoms with E-state index >= 15 is 0 Å². The Balaban J connectivity index is 1.86. The third-order valence-corrected chi connectivity index (χ3v) is 3.46. The summed E-state index contributed by atoms with van der Waals surface area (Å²) in [6, 6.07) is 8.19. The van der Waals surface area contributed by atoms with Crippen molar-refractivity contribution in [1.29, 1.82) is 0 Å². The molecule has 1 N–H and O–H groups in total. The summed E-state index contributed by atoms with van der Waals surface area (Å²) < 4.78 is 49.8. The van der Waals surface area contributed by atoms with Gasteiger partial charge in [0.2, 0.25) is 0 Å². The lowest BCUT2D eigenvalue weighted by atomic mass is 10.2. The number of rotatable bonds is 5. The smallest absolute Gasteiger partial charge is 0.453 e. The summed E-state index contributed by atoms with van der Waals surface area (Å²) in [4.78, 5) is 0. The molecular weight excluding hydrogens is 339 g/mol. The Hall–Kier alpha value is -3.04. The highest BCUT2D eigenvalue weighted by Crippen LogP contribution is 2.28. The van der Waals surface area contributed by atoms with Crippen LogP contribution in [0.1, 0.15) is 11.4 Å². The van der Waals surface area contributed by atoms with E-state index in [0.29, 0.717) is 16.0 Å². The summed E-state index contributed by atoms with van der Waals surface area (Å²) in [5, 5.41) is 13.5. The van der Waals surface area contributed by atoms with E-state index in [2.05, 4.69) is 20.6 Å². The Kier molecular flexibility index (Phi) is 4.34. The lowest BCUT2D eigenvalue weighted by Gasteiger charge is -2.12. The van der Waals surface area contributed by atoms with Gasteiger partial charge in [0.25, 0.3) is 5.82 Å². The number of fused-ring (bicyclic) bond motifs is 1. The van der Waals surface area contributed by atoms with E-state index in [1.54, 1.807) is 25.3 Å². The summed E-state index contributed by atoms with van der Waals surface area (Å²) in [6.07, 6.45) is -4.64. The van der Waals surface area contributed by atoms with Crippen LogP contribution >= 0.6 is 0 Å². The number of anilines is 1. The van der Waals surface area contributed by atoms with E-state index in [0.717, 1.165) is 5.56 Å². The molecule has 0 amide bonds. The highest BCUT2D eigenvalue weighted by Gasteiger charge is 2.37. The number of hydrogen-bond acceptors (Lipinski definition) is 6. The molecule has 2 aromatic heterocycles. The number of methoxy groups -OCH3 is 2. The first-order valence-corrected chi connectivity index (χ1v) is 7.17. The van der Waals surface area contributed by atoms with Gasteiger partial charge in [-0.25, -0.2) is 0 Å².